The van der Waals surface area contributed by atoms with Gasteiger partial charge in [0.25, 0.3) is 5.91 Å². The van der Waals surface area contributed by atoms with Crippen molar-refractivity contribution in [1.82, 2.24) is 9.97 Å². The molecule has 0 aliphatic rings. The van der Waals surface area contributed by atoms with Gasteiger partial charge in [-0.1, -0.05) is 30.3 Å². The number of hydrogen-bond acceptors (Lipinski definition) is 6. The molecule has 1 amide bonds. The van der Waals surface area contributed by atoms with Gasteiger partial charge in [-0.2, -0.15) is 0 Å². The summed E-state index contributed by atoms with van der Waals surface area (Å²) >= 11 is 0. The number of carbonyl (C=O) groups excluding carboxylic acids is 2. The first kappa shape index (κ1) is 17.1. The van der Waals surface area contributed by atoms with E-state index in [9.17, 15) is 9.59 Å². The number of ether oxygens (including phenoxy) is 1. The fraction of sp³-hybridized carbons (Fsp3) is 0.0526. The summed E-state index contributed by atoms with van der Waals surface area (Å²) in [6, 6.07) is 17.5. The normalized spacial score (nSPS) is 10.0. The molecule has 0 aliphatic carbocycles. The molecule has 26 heavy (non-hydrogen) atoms. The number of methoxy groups -OCH3 is 1. The van der Waals surface area contributed by atoms with Gasteiger partial charge in [0.05, 0.1) is 18.4 Å². The van der Waals surface area contributed by atoms with Crippen LogP contribution in [-0.2, 0) is 4.74 Å². The van der Waals surface area contributed by atoms with Crippen LogP contribution < -0.4 is 10.6 Å². The number of benzene rings is 2. The van der Waals surface area contributed by atoms with Gasteiger partial charge in [0.1, 0.15) is 17.8 Å². The molecule has 7 nitrogen and oxygen atoms in total. The summed E-state index contributed by atoms with van der Waals surface area (Å²) in [6.45, 7) is 0. The van der Waals surface area contributed by atoms with E-state index in [2.05, 4.69) is 20.6 Å². The van der Waals surface area contributed by atoms with Crippen LogP contribution in [0.1, 0.15) is 20.8 Å². The van der Waals surface area contributed by atoms with E-state index in [-0.39, 0.29) is 11.6 Å². The largest absolute Gasteiger partial charge is 0.465 e. The van der Waals surface area contributed by atoms with Crippen LogP contribution in [0.3, 0.4) is 0 Å². The molecule has 0 aliphatic heterocycles. The van der Waals surface area contributed by atoms with Gasteiger partial charge in [0.2, 0.25) is 0 Å². The van der Waals surface area contributed by atoms with Crippen LogP contribution in [0.4, 0.5) is 17.2 Å². The van der Waals surface area contributed by atoms with Crippen molar-refractivity contribution in [3.8, 4) is 0 Å². The van der Waals surface area contributed by atoms with Crippen LogP contribution in [0, 0.1) is 0 Å². The summed E-state index contributed by atoms with van der Waals surface area (Å²) in [4.78, 5) is 32.3. The molecule has 0 atom stereocenters. The lowest BCUT2D eigenvalue weighted by Crippen LogP contribution is -2.14. The Morgan fingerprint density at radius 2 is 1.69 bits per heavy atom. The smallest absolute Gasteiger partial charge is 0.339 e. The Morgan fingerprint density at radius 3 is 2.46 bits per heavy atom. The van der Waals surface area contributed by atoms with Crippen molar-refractivity contribution in [3.63, 3.8) is 0 Å². The number of nitrogens with one attached hydrogen (secondary N) is 2. The van der Waals surface area contributed by atoms with E-state index in [1.165, 1.54) is 19.5 Å². The van der Waals surface area contributed by atoms with E-state index in [1.807, 2.05) is 18.2 Å². The molecule has 0 radical (unpaired) electrons. The van der Waals surface area contributed by atoms with Crippen molar-refractivity contribution in [2.45, 2.75) is 0 Å². The van der Waals surface area contributed by atoms with Crippen LogP contribution in [-0.4, -0.2) is 29.0 Å². The summed E-state index contributed by atoms with van der Waals surface area (Å²) in [5, 5.41) is 5.77. The highest BCUT2D eigenvalue weighted by molar-refractivity contribution is 6.03. The standard InChI is InChI=1S/C19H16N4O3/c1-26-19(25)14-9-5-6-10-15(14)23-17-11-16(20-12-21-17)18(24)22-13-7-3-2-4-8-13/h2-12H,1H3,(H,22,24)(H,20,21,23). The first-order valence-electron chi connectivity index (χ1n) is 7.80. The lowest BCUT2D eigenvalue weighted by Gasteiger charge is -2.10. The molecule has 3 rings (SSSR count). The molecule has 0 saturated carbocycles. The number of amides is 1. The second-order valence-electron chi connectivity index (χ2n) is 5.27. The van der Waals surface area contributed by atoms with Crippen LogP contribution >= 0.6 is 0 Å². The average Bonchev–Trinajstić information content (AvgIpc) is 2.69. The first-order valence-corrected chi connectivity index (χ1v) is 7.80. The molecule has 1 aromatic heterocycles. The van der Waals surface area contributed by atoms with E-state index < -0.39 is 5.97 Å². The quantitative estimate of drug-likeness (QED) is 0.688. The van der Waals surface area contributed by atoms with Crippen molar-refractivity contribution in [2.75, 3.05) is 17.7 Å². The Hall–Kier alpha value is -3.74. The highest BCUT2D eigenvalue weighted by Gasteiger charge is 2.13. The molecule has 1 heterocycles. The number of nitrogens with zero attached hydrogens (tertiary/aromatic N) is 2. The second-order valence-corrected chi connectivity index (χ2v) is 5.27. The highest BCUT2D eigenvalue weighted by atomic mass is 16.5. The van der Waals surface area contributed by atoms with Crippen LogP contribution in [0.2, 0.25) is 0 Å². The molecule has 2 N–H and O–H groups in total. The molecule has 0 bridgehead atoms. The summed E-state index contributed by atoms with van der Waals surface area (Å²) < 4.78 is 4.77. The van der Waals surface area contributed by atoms with Gasteiger partial charge < -0.3 is 15.4 Å². The molecule has 2 aromatic carbocycles. The Balaban J connectivity index is 1.80. The van der Waals surface area contributed by atoms with E-state index in [0.29, 0.717) is 22.8 Å². The summed E-state index contributed by atoms with van der Waals surface area (Å²) in [6.07, 6.45) is 1.28. The van der Waals surface area contributed by atoms with Crippen LogP contribution in [0.5, 0.6) is 0 Å². The van der Waals surface area contributed by atoms with Crippen LogP contribution in [0.15, 0.2) is 67.0 Å². The molecule has 130 valence electrons. The minimum Gasteiger partial charge on any atom is -0.465 e. The zero-order valence-corrected chi connectivity index (χ0v) is 14.0. The molecule has 7 heteroatoms. The number of carbonyl (C=O) groups is 2. The third kappa shape index (κ3) is 4.02. The number of anilines is 3. The van der Waals surface area contributed by atoms with Crippen molar-refractivity contribution < 1.29 is 14.3 Å². The Kier molecular flexibility index (Phi) is 5.19. The van der Waals surface area contributed by atoms with Gasteiger partial charge in [-0.3, -0.25) is 4.79 Å². The maximum Gasteiger partial charge on any atom is 0.339 e. The second kappa shape index (κ2) is 7.89. The third-order valence-corrected chi connectivity index (χ3v) is 3.53. The number of aromatic nitrogens is 2. The van der Waals surface area contributed by atoms with E-state index in [0.717, 1.165) is 0 Å². The van der Waals surface area contributed by atoms with Crippen molar-refractivity contribution in [1.29, 1.82) is 0 Å². The van der Waals surface area contributed by atoms with Gasteiger partial charge >= 0.3 is 5.97 Å². The minimum absolute atomic E-state index is 0.196. The predicted octanol–water partition coefficient (Wildman–Crippen LogP) is 3.26. The van der Waals surface area contributed by atoms with Gasteiger partial charge in [-0.25, -0.2) is 14.8 Å². The molecule has 0 fully saturated rings. The van der Waals surface area contributed by atoms with Crippen molar-refractivity contribution >= 4 is 29.1 Å². The third-order valence-electron chi connectivity index (χ3n) is 3.53. The Bertz CT molecular complexity index is 929. The highest BCUT2D eigenvalue weighted by Crippen LogP contribution is 2.20. The maximum absolute atomic E-state index is 12.3. The van der Waals surface area contributed by atoms with Gasteiger partial charge in [-0.05, 0) is 24.3 Å². The Labute approximate surface area is 150 Å². The number of esters is 1. The SMILES string of the molecule is COC(=O)c1ccccc1Nc1cc(C(=O)Nc2ccccc2)ncn1. The fourth-order valence-corrected chi connectivity index (χ4v) is 2.28. The summed E-state index contributed by atoms with van der Waals surface area (Å²) in [5.41, 5.74) is 1.75. The number of hydrogen-bond donors (Lipinski definition) is 2. The zero-order chi connectivity index (χ0) is 18.4. The number of para-hydroxylation sites is 2. The van der Waals surface area contributed by atoms with Crippen molar-refractivity contribution in [2.24, 2.45) is 0 Å². The van der Waals surface area contributed by atoms with E-state index in [1.54, 1.807) is 36.4 Å². The average molecular weight is 348 g/mol. The Morgan fingerprint density at radius 1 is 0.962 bits per heavy atom. The molecule has 0 unspecified atom stereocenters. The molecule has 0 spiro atoms. The van der Waals surface area contributed by atoms with Gasteiger partial charge in [0.15, 0.2) is 0 Å². The zero-order valence-electron chi connectivity index (χ0n) is 14.0. The predicted molar refractivity (Wildman–Crippen MR) is 97.5 cm³/mol. The van der Waals surface area contributed by atoms with E-state index in [4.69, 9.17) is 4.74 Å². The molecule has 3 aromatic rings. The lowest BCUT2D eigenvalue weighted by atomic mass is 10.2. The topological polar surface area (TPSA) is 93.2 Å². The van der Waals surface area contributed by atoms with Crippen LogP contribution in [0.25, 0.3) is 0 Å². The maximum atomic E-state index is 12.3. The monoisotopic (exact) mass is 348 g/mol. The molecular weight excluding hydrogens is 332 g/mol. The fourth-order valence-electron chi connectivity index (χ4n) is 2.28. The molecular formula is C19H16N4O3. The number of rotatable bonds is 5. The summed E-state index contributed by atoms with van der Waals surface area (Å²) in [5.74, 6) is -0.443. The lowest BCUT2D eigenvalue weighted by molar-refractivity contribution is 0.0601. The van der Waals surface area contributed by atoms with Crippen molar-refractivity contribution in [3.05, 3.63) is 78.2 Å². The minimum atomic E-state index is -0.468. The molecule has 0 saturated heterocycles. The summed E-state index contributed by atoms with van der Waals surface area (Å²) in [7, 11) is 1.32. The van der Waals surface area contributed by atoms with E-state index >= 15 is 0 Å². The van der Waals surface area contributed by atoms with Gasteiger partial charge in [-0.15, -0.1) is 0 Å². The first-order chi connectivity index (χ1) is 12.7. The van der Waals surface area contributed by atoms with Gasteiger partial charge in [0, 0.05) is 11.8 Å².